The van der Waals surface area contributed by atoms with Crippen molar-refractivity contribution in [3.8, 4) is 5.75 Å². The fourth-order valence-corrected chi connectivity index (χ4v) is 1.75. The van der Waals surface area contributed by atoms with E-state index >= 15 is 0 Å². The number of hydrogen-bond acceptors (Lipinski definition) is 4. The van der Waals surface area contributed by atoms with Gasteiger partial charge in [-0.15, -0.1) is 0 Å². The molecule has 1 aromatic carbocycles. The van der Waals surface area contributed by atoms with Gasteiger partial charge in [0.05, 0.1) is 25.3 Å². The molecule has 5 nitrogen and oxygen atoms in total. The fraction of sp³-hybridized carbons (Fsp3) is 0.500. The average molecular weight is 301 g/mol. The molecule has 0 bridgehead atoms. The van der Waals surface area contributed by atoms with Crippen molar-refractivity contribution in [2.24, 2.45) is 0 Å². The molecular weight excluding hydrogens is 280 g/mol. The molecule has 0 unspecified atom stereocenters. The summed E-state index contributed by atoms with van der Waals surface area (Å²) < 4.78 is 5.05. The number of likely N-dealkylation sites (N-methyl/N-ethyl adjacent to an activating group) is 1. The zero-order chi connectivity index (χ0) is 15.3. The molecule has 0 aliphatic heterocycles. The molecule has 0 aromatic heterocycles. The molecule has 112 valence electrons. The van der Waals surface area contributed by atoms with Crippen LogP contribution in [0, 0.1) is 0 Å². The van der Waals surface area contributed by atoms with E-state index in [-0.39, 0.29) is 19.1 Å². The molecule has 0 fully saturated rings. The molecule has 1 rings (SSSR count). The third-order valence-electron chi connectivity index (χ3n) is 3.24. The van der Waals surface area contributed by atoms with Gasteiger partial charge in [0.1, 0.15) is 5.75 Å². The van der Waals surface area contributed by atoms with Crippen LogP contribution in [0.5, 0.6) is 5.75 Å². The van der Waals surface area contributed by atoms with Gasteiger partial charge in [0.25, 0.3) is 0 Å². The van der Waals surface area contributed by atoms with Gasteiger partial charge >= 0.3 is 0 Å². The van der Waals surface area contributed by atoms with Crippen molar-refractivity contribution >= 4 is 23.2 Å². The number of nitrogens with one attached hydrogen (secondary N) is 1. The van der Waals surface area contributed by atoms with E-state index in [4.69, 9.17) is 16.3 Å². The molecule has 1 amide bonds. The summed E-state index contributed by atoms with van der Waals surface area (Å²) in [6.07, 6.45) is 0. The zero-order valence-electron chi connectivity index (χ0n) is 12.2. The van der Waals surface area contributed by atoms with Crippen LogP contribution >= 0.6 is 11.6 Å². The molecule has 0 radical (unpaired) electrons. The topological polar surface area (TPSA) is 61.8 Å². The Bertz CT molecular complexity index is 477. The molecule has 6 heteroatoms. The number of carbonyl (C=O) groups is 1. The largest absolute Gasteiger partial charge is 0.495 e. The number of aliphatic hydroxyl groups is 1. The Hall–Kier alpha value is -1.30. The van der Waals surface area contributed by atoms with Crippen LogP contribution in [0.15, 0.2) is 18.2 Å². The Morgan fingerprint density at radius 3 is 2.65 bits per heavy atom. The fourth-order valence-electron chi connectivity index (χ4n) is 1.49. The first kappa shape index (κ1) is 16.8. The van der Waals surface area contributed by atoms with E-state index in [0.717, 1.165) is 0 Å². The summed E-state index contributed by atoms with van der Waals surface area (Å²) in [5.41, 5.74) is 0.158. The second-order valence-corrected chi connectivity index (χ2v) is 5.63. The Kier molecular flexibility index (Phi) is 5.80. The molecule has 0 aliphatic carbocycles. The maximum absolute atomic E-state index is 11.9. The van der Waals surface area contributed by atoms with Crippen molar-refractivity contribution < 1.29 is 14.6 Å². The number of aliphatic hydroxyl groups excluding tert-OH is 1. The highest BCUT2D eigenvalue weighted by Crippen LogP contribution is 2.27. The van der Waals surface area contributed by atoms with Gasteiger partial charge in [-0.2, -0.15) is 0 Å². The molecule has 0 atom stereocenters. The monoisotopic (exact) mass is 300 g/mol. The van der Waals surface area contributed by atoms with E-state index in [1.165, 1.54) is 7.11 Å². The van der Waals surface area contributed by atoms with Crippen LogP contribution in [0.1, 0.15) is 13.8 Å². The quantitative estimate of drug-likeness (QED) is 0.843. The molecule has 0 heterocycles. The van der Waals surface area contributed by atoms with Gasteiger partial charge in [0.15, 0.2) is 0 Å². The van der Waals surface area contributed by atoms with E-state index in [2.05, 4.69) is 5.32 Å². The Morgan fingerprint density at radius 1 is 1.50 bits per heavy atom. The number of halogens is 1. The molecular formula is C14H21ClN2O3. The van der Waals surface area contributed by atoms with Crippen molar-refractivity contribution in [3.63, 3.8) is 0 Å². The Balaban J connectivity index is 2.65. The third-order valence-corrected chi connectivity index (χ3v) is 3.53. The summed E-state index contributed by atoms with van der Waals surface area (Å²) in [7, 11) is 3.32. The van der Waals surface area contributed by atoms with Gasteiger partial charge in [0, 0.05) is 11.2 Å². The highest BCUT2D eigenvalue weighted by Gasteiger charge is 2.24. The summed E-state index contributed by atoms with van der Waals surface area (Å²) in [5.74, 6) is 0.387. The zero-order valence-corrected chi connectivity index (χ0v) is 13.0. The number of benzene rings is 1. The van der Waals surface area contributed by atoms with Crippen molar-refractivity contribution in [2.45, 2.75) is 19.4 Å². The van der Waals surface area contributed by atoms with E-state index in [1.807, 2.05) is 13.8 Å². The second-order valence-electron chi connectivity index (χ2n) is 5.22. The van der Waals surface area contributed by atoms with E-state index in [1.54, 1.807) is 30.1 Å². The predicted molar refractivity (Wildman–Crippen MR) is 80.4 cm³/mol. The van der Waals surface area contributed by atoms with Crippen molar-refractivity contribution in [3.05, 3.63) is 23.2 Å². The second kappa shape index (κ2) is 6.92. The highest BCUT2D eigenvalue weighted by atomic mass is 35.5. The maximum atomic E-state index is 11.9. The van der Waals surface area contributed by atoms with Gasteiger partial charge < -0.3 is 15.2 Å². The number of methoxy groups -OCH3 is 1. The van der Waals surface area contributed by atoms with Crippen molar-refractivity contribution in [2.75, 3.05) is 32.6 Å². The smallest absolute Gasteiger partial charge is 0.238 e. The standard InChI is InChI=1S/C14H21ClN2O3/c1-14(2,9-18)17(3)8-13(19)16-10-5-6-12(20-4)11(15)7-10/h5-7,18H,8-9H2,1-4H3,(H,16,19). The first-order valence-electron chi connectivity index (χ1n) is 6.25. The lowest BCUT2D eigenvalue weighted by Gasteiger charge is -2.33. The molecule has 2 N–H and O–H groups in total. The molecule has 20 heavy (non-hydrogen) atoms. The number of rotatable bonds is 6. The molecule has 0 saturated carbocycles. The van der Waals surface area contributed by atoms with Gasteiger partial charge in [0.2, 0.25) is 5.91 Å². The van der Waals surface area contributed by atoms with Crippen LogP contribution in [0.2, 0.25) is 5.02 Å². The number of carbonyl (C=O) groups excluding carboxylic acids is 1. The van der Waals surface area contributed by atoms with E-state index < -0.39 is 5.54 Å². The maximum Gasteiger partial charge on any atom is 0.238 e. The minimum absolute atomic E-state index is 0.0227. The molecule has 0 saturated heterocycles. The van der Waals surface area contributed by atoms with Crippen LogP contribution in [-0.4, -0.2) is 48.8 Å². The molecule has 1 aromatic rings. The third kappa shape index (κ3) is 4.37. The van der Waals surface area contributed by atoms with E-state index in [9.17, 15) is 9.90 Å². The van der Waals surface area contributed by atoms with Gasteiger partial charge in [-0.05, 0) is 39.1 Å². The van der Waals surface area contributed by atoms with Crippen molar-refractivity contribution in [1.29, 1.82) is 0 Å². The van der Waals surface area contributed by atoms with Crippen molar-refractivity contribution in [1.82, 2.24) is 4.90 Å². The Morgan fingerprint density at radius 2 is 2.15 bits per heavy atom. The number of hydrogen-bond donors (Lipinski definition) is 2. The van der Waals surface area contributed by atoms with Crippen LogP contribution in [0.4, 0.5) is 5.69 Å². The predicted octanol–water partition coefficient (Wildman–Crippen LogP) is 1.99. The number of nitrogens with zero attached hydrogens (tertiary/aromatic N) is 1. The normalized spacial score (nSPS) is 11.6. The summed E-state index contributed by atoms with van der Waals surface area (Å²) in [5, 5.41) is 12.5. The lowest BCUT2D eigenvalue weighted by atomic mass is 10.1. The lowest BCUT2D eigenvalue weighted by molar-refractivity contribution is -0.118. The van der Waals surface area contributed by atoms with Crippen LogP contribution < -0.4 is 10.1 Å². The number of amides is 1. The summed E-state index contributed by atoms with van der Waals surface area (Å²) in [6, 6.07) is 5.05. The molecule has 0 aliphatic rings. The Labute approximate surface area is 124 Å². The summed E-state index contributed by atoms with van der Waals surface area (Å²) in [6.45, 7) is 3.89. The summed E-state index contributed by atoms with van der Waals surface area (Å²) in [4.78, 5) is 13.7. The first-order valence-corrected chi connectivity index (χ1v) is 6.63. The lowest BCUT2D eigenvalue weighted by Crippen LogP contribution is -2.47. The van der Waals surface area contributed by atoms with Gasteiger partial charge in [-0.25, -0.2) is 0 Å². The average Bonchev–Trinajstić information content (AvgIpc) is 2.38. The van der Waals surface area contributed by atoms with E-state index in [0.29, 0.717) is 16.5 Å². The van der Waals surface area contributed by atoms with Crippen LogP contribution in [0.25, 0.3) is 0 Å². The minimum Gasteiger partial charge on any atom is -0.495 e. The first-order chi connectivity index (χ1) is 9.30. The number of anilines is 1. The summed E-state index contributed by atoms with van der Waals surface area (Å²) >= 11 is 5.99. The highest BCUT2D eigenvalue weighted by molar-refractivity contribution is 6.32. The SMILES string of the molecule is COc1ccc(NC(=O)CN(C)C(C)(C)CO)cc1Cl. The minimum atomic E-state index is -0.450. The van der Waals surface area contributed by atoms with Crippen LogP contribution in [0.3, 0.4) is 0 Å². The number of ether oxygens (including phenoxy) is 1. The van der Waals surface area contributed by atoms with Gasteiger partial charge in [-0.3, -0.25) is 9.69 Å². The molecule has 0 spiro atoms. The van der Waals surface area contributed by atoms with Crippen LogP contribution in [-0.2, 0) is 4.79 Å². The van der Waals surface area contributed by atoms with Gasteiger partial charge in [-0.1, -0.05) is 11.6 Å².